The van der Waals surface area contributed by atoms with Gasteiger partial charge in [0, 0.05) is 0 Å². The van der Waals surface area contributed by atoms with Crippen LogP contribution < -0.4 is 0 Å². The lowest BCUT2D eigenvalue weighted by molar-refractivity contribution is 0.200. The van der Waals surface area contributed by atoms with Crippen molar-refractivity contribution < 1.29 is 3.07 Å². The molecular weight excluding hydrogens is 274 g/mol. The second-order valence-corrected chi connectivity index (χ2v) is 4.02. The molecule has 0 heterocycles. The number of alkyl halides is 1. The highest BCUT2D eigenvalue weighted by Crippen LogP contribution is 2.31. The predicted octanol–water partition coefficient (Wildman–Crippen LogP) is 3.32. The van der Waals surface area contributed by atoms with Crippen LogP contribution in [0, 0.1) is 5.92 Å². The predicted molar refractivity (Wildman–Crippen MR) is 56.1 cm³/mol. The van der Waals surface area contributed by atoms with E-state index in [1.54, 1.807) is 0 Å². The zero-order valence-electron chi connectivity index (χ0n) is 6.30. The maximum Gasteiger partial charge on any atom is 0.110 e. The Morgan fingerprint density at radius 1 is 1.55 bits per heavy atom. The molecule has 3 unspecified atom stereocenters. The SMILES string of the molecule is C=CC1CCC(OI)C(Cl)C1. The second kappa shape index (κ2) is 4.67. The number of halogens is 2. The Kier molecular flexibility index (Phi) is 4.17. The summed E-state index contributed by atoms with van der Waals surface area (Å²) in [5.41, 5.74) is 0. The Morgan fingerprint density at radius 3 is 2.73 bits per heavy atom. The van der Waals surface area contributed by atoms with Crippen LogP contribution in [0.4, 0.5) is 0 Å². The van der Waals surface area contributed by atoms with Crippen molar-refractivity contribution in [1.29, 1.82) is 0 Å². The highest BCUT2D eigenvalue weighted by molar-refractivity contribution is 14.1. The third-order valence-corrected chi connectivity index (χ3v) is 3.31. The van der Waals surface area contributed by atoms with Gasteiger partial charge < -0.3 is 3.07 Å². The van der Waals surface area contributed by atoms with Crippen molar-refractivity contribution in [3.63, 3.8) is 0 Å². The van der Waals surface area contributed by atoms with E-state index in [2.05, 4.69) is 6.58 Å². The van der Waals surface area contributed by atoms with Gasteiger partial charge in [0.15, 0.2) is 0 Å². The van der Waals surface area contributed by atoms with Gasteiger partial charge in [0.05, 0.1) is 11.5 Å². The molecule has 1 nitrogen and oxygen atoms in total. The summed E-state index contributed by atoms with van der Waals surface area (Å²) >= 11 is 8.01. The lowest BCUT2D eigenvalue weighted by atomic mass is 9.87. The summed E-state index contributed by atoms with van der Waals surface area (Å²) in [5, 5.41) is 0.170. The van der Waals surface area contributed by atoms with E-state index >= 15 is 0 Å². The molecule has 0 aromatic carbocycles. The zero-order valence-corrected chi connectivity index (χ0v) is 9.22. The van der Waals surface area contributed by atoms with Gasteiger partial charge in [0.25, 0.3) is 0 Å². The minimum atomic E-state index is 0.170. The van der Waals surface area contributed by atoms with Gasteiger partial charge in [-0.25, -0.2) is 0 Å². The molecule has 0 saturated heterocycles. The van der Waals surface area contributed by atoms with E-state index in [-0.39, 0.29) is 11.5 Å². The van der Waals surface area contributed by atoms with Gasteiger partial charge in [-0.1, -0.05) is 6.08 Å². The van der Waals surface area contributed by atoms with Crippen LogP contribution in [0.15, 0.2) is 12.7 Å². The summed E-state index contributed by atoms with van der Waals surface area (Å²) in [4.78, 5) is 0. The normalized spacial score (nSPS) is 38.5. The molecule has 0 aromatic rings. The maximum absolute atomic E-state index is 6.08. The van der Waals surface area contributed by atoms with Gasteiger partial charge in [0.1, 0.15) is 23.0 Å². The van der Waals surface area contributed by atoms with Gasteiger partial charge >= 0.3 is 0 Å². The second-order valence-electron chi connectivity index (χ2n) is 2.95. The number of hydrogen-bond acceptors (Lipinski definition) is 1. The molecule has 11 heavy (non-hydrogen) atoms. The fourth-order valence-electron chi connectivity index (χ4n) is 1.43. The van der Waals surface area contributed by atoms with Gasteiger partial charge in [-0.2, -0.15) is 0 Å². The third kappa shape index (κ3) is 2.60. The maximum atomic E-state index is 6.08. The van der Waals surface area contributed by atoms with E-state index < -0.39 is 0 Å². The average molecular weight is 287 g/mol. The number of allylic oxidation sites excluding steroid dienone is 1. The molecule has 1 rings (SSSR count). The minimum Gasteiger partial charge on any atom is -0.311 e. The van der Waals surface area contributed by atoms with Crippen molar-refractivity contribution in [2.24, 2.45) is 5.92 Å². The van der Waals surface area contributed by atoms with Crippen LogP contribution in [-0.2, 0) is 3.07 Å². The summed E-state index contributed by atoms with van der Waals surface area (Å²) in [6.45, 7) is 3.77. The molecule has 1 aliphatic rings. The first-order chi connectivity index (χ1) is 5.27. The highest BCUT2D eigenvalue weighted by Gasteiger charge is 2.27. The van der Waals surface area contributed by atoms with Crippen LogP contribution in [0.1, 0.15) is 19.3 Å². The van der Waals surface area contributed by atoms with Crippen LogP contribution in [0.25, 0.3) is 0 Å². The van der Waals surface area contributed by atoms with Crippen molar-refractivity contribution in [2.45, 2.75) is 30.7 Å². The Bertz CT molecular complexity index is 140. The fraction of sp³-hybridized carbons (Fsp3) is 0.750. The van der Waals surface area contributed by atoms with Crippen LogP contribution in [0.3, 0.4) is 0 Å². The van der Waals surface area contributed by atoms with E-state index in [0.29, 0.717) is 5.92 Å². The van der Waals surface area contributed by atoms with Crippen molar-refractivity contribution >= 4 is 34.6 Å². The topological polar surface area (TPSA) is 9.23 Å². The summed E-state index contributed by atoms with van der Waals surface area (Å²) in [6, 6.07) is 0. The molecule has 1 saturated carbocycles. The number of rotatable bonds is 2. The molecule has 0 N–H and O–H groups in total. The smallest absolute Gasteiger partial charge is 0.110 e. The Balaban J connectivity index is 2.40. The first kappa shape index (κ1) is 9.81. The van der Waals surface area contributed by atoms with Crippen LogP contribution in [0.5, 0.6) is 0 Å². The molecule has 1 fully saturated rings. The molecule has 0 aliphatic heterocycles. The molecule has 0 bridgehead atoms. The van der Waals surface area contributed by atoms with E-state index in [4.69, 9.17) is 14.7 Å². The van der Waals surface area contributed by atoms with Crippen molar-refractivity contribution in [2.75, 3.05) is 0 Å². The first-order valence-electron chi connectivity index (χ1n) is 3.82. The molecule has 3 atom stereocenters. The summed E-state index contributed by atoms with van der Waals surface area (Å²) in [6.07, 6.45) is 5.49. The van der Waals surface area contributed by atoms with E-state index in [0.717, 1.165) is 12.8 Å². The van der Waals surface area contributed by atoms with Gasteiger partial charge in [-0.05, 0) is 25.2 Å². The third-order valence-electron chi connectivity index (χ3n) is 2.20. The quantitative estimate of drug-likeness (QED) is 0.430. The Labute approximate surface area is 86.8 Å². The molecule has 0 amide bonds. The molecular formula is C8H12ClIO. The molecule has 0 radical (unpaired) electrons. The lowest BCUT2D eigenvalue weighted by Crippen LogP contribution is -2.29. The van der Waals surface area contributed by atoms with E-state index in [1.165, 1.54) is 6.42 Å². The Morgan fingerprint density at radius 2 is 2.27 bits per heavy atom. The minimum absolute atomic E-state index is 0.170. The van der Waals surface area contributed by atoms with Gasteiger partial charge in [-0.3, -0.25) is 0 Å². The summed E-state index contributed by atoms with van der Waals surface area (Å²) in [5.74, 6) is 0.597. The molecule has 64 valence electrons. The average Bonchev–Trinajstić information content (AvgIpc) is 2.04. The molecule has 3 heteroatoms. The van der Waals surface area contributed by atoms with Crippen molar-refractivity contribution in [3.05, 3.63) is 12.7 Å². The highest BCUT2D eigenvalue weighted by atomic mass is 127. The largest absolute Gasteiger partial charge is 0.311 e. The van der Waals surface area contributed by atoms with Crippen LogP contribution >= 0.6 is 34.6 Å². The number of hydrogen-bond donors (Lipinski definition) is 0. The lowest BCUT2D eigenvalue weighted by Gasteiger charge is -2.29. The fourth-order valence-corrected chi connectivity index (χ4v) is 2.62. The zero-order chi connectivity index (χ0) is 8.27. The van der Waals surface area contributed by atoms with Crippen LogP contribution in [-0.4, -0.2) is 11.5 Å². The van der Waals surface area contributed by atoms with Crippen molar-refractivity contribution in [3.8, 4) is 0 Å². The summed E-state index contributed by atoms with van der Waals surface area (Å²) in [7, 11) is 0. The monoisotopic (exact) mass is 286 g/mol. The Hall–Kier alpha value is 0.720. The standard InChI is InChI=1S/C8H12ClIO/c1-2-6-3-4-8(11-10)7(9)5-6/h2,6-8H,1,3-5H2. The van der Waals surface area contributed by atoms with E-state index in [1.807, 2.05) is 29.1 Å². The molecule has 0 spiro atoms. The molecule has 0 aromatic heterocycles. The van der Waals surface area contributed by atoms with Gasteiger partial charge in [0.2, 0.25) is 0 Å². The van der Waals surface area contributed by atoms with Crippen molar-refractivity contribution in [1.82, 2.24) is 0 Å². The first-order valence-corrected chi connectivity index (χ1v) is 5.13. The molecule has 1 aliphatic carbocycles. The summed E-state index contributed by atoms with van der Waals surface area (Å²) < 4.78 is 5.20. The van der Waals surface area contributed by atoms with Crippen LogP contribution in [0.2, 0.25) is 0 Å². The van der Waals surface area contributed by atoms with Gasteiger partial charge in [-0.15, -0.1) is 18.2 Å². The van der Waals surface area contributed by atoms with E-state index in [9.17, 15) is 0 Å².